The highest BCUT2D eigenvalue weighted by molar-refractivity contribution is 5.40. The monoisotopic (exact) mass is 291 g/mol. The Morgan fingerprint density at radius 2 is 1.86 bits per heavy atom. The van der Waals surface area contributed by atoms with Gasteiger partial charge in [0.25, 0.3) is 0 Å². The molecule has 1 unspecified atom stereocenters. The molecule has 1 aromatic rings. The highest BCUT2D eigenvalue weighted by Crippen LogP contribution is 2.18. The molecule has 0 aromatic carbocycles. The fourth-order valence-corrected chi connectivity index (χ4v) is 2.47. The zero-order valence-corrected chi connectivity index (χ0v) is 14.5. The molecule has 1 aromatic heterocycles. The summed E-state index contributed by atoms with van der Waals surface area (Å²) < 4.78 is 0. The van der Waals surface area contributed by atoms with Crippen LogP contribution >= 0.6 is 0 Å². The molecule has 0 saturated heterocycles. The average molecular weight is 291 g/mol. The van der Waals surface area contributed by atoms with Crippen LogP contribution in [0.15, 0.2) is 18.3 Å². The summed E-state index contributed by atoms with van der Waals surface area (Å²) in [5, 5.41) is 3.51. The molecule has 3 heteroatoms. The fraction of sp³-hybridized carbons (Fsp3) is 0.722. The van der Waals surface area contributed by atoms with Crippen molar-refractivity contribution in [2.45, 2.75) is 72.4 Å². The van der Waals surface area contributed by atoms with E-state index in [9.17, 15) is 0 Å². The SMILES string of the molecule is CCCCCN(c1ccc(C(C)NCCC)cn1)C(C)C. The van der Waals surface area contributed by atoms with Crippen molar-refractivity contribution in [2.75, 3.05) is 18.0 Å². The van der Waals surface area contributed by atoms with Crippen LogP contribution in [0, 0.1) is 0 Å². The van der Waals surface area contributed by atoms with Gasteiger partial charge in [-0.05, 0) is 51.8 Å². The standard InChI is InChI=1S/C18H33N3/c1-6-8-9-13-21(15(3)4)18-11-10-17(14-20-18)16(5)19-12-7-2/h10-11,14-16,19H,6-9,12-13H2,1-5H3. The lowest BCUT2D eigenvalue weighted by Gasteiger charge is -2.28. The molecule has 0 saturated carbocycles. The van der Waals surface area contributed by atoms with E-state index in [1.165, 1.54) is 24.8 Å². The Morgan fingerprint density at radius 1 is 1.10 bits per heavy atom. The van der Waals surface area contributed by atoms with E-state index in [4.69, 9.17) is 4.98 Å². The molecule has 1 rings (SSSR count). The number of aromatic nitrogens is 1. The Morgan fingerprint density at radius 3 is 2.38 bits per heavy atom. The first-order valence-electron chi connectivity index (χ1n) is 8.56. The van der Waals surface area contributed by atoms with Crippen molar-refractivity contribution in [3.8, 4) is 0 Å². The van der Waals surface area contributed by atoms with E-state index in [-0.39, 0.29) is 0 Å². The number of nitrogens with one attached hydrogen (secondary N) is 1. The van der Waals surface area contributed by atoms with Crippen molar-refractivity contribution in [3.63, 3.8) is 0 Å². The number of unbranched alkanes of at least 4 members (excludes halogenated alkanes) is 2. The van der Waals surface area contributed by atoms with Crippen LogP contribution in [0.25, 0.3) is 0 Å². The first-order valence-corrected chi connectivity index (χ1v) is 8.56. The van der Waals surface area contributed by atoms with Gasteiger partial charge in [-0.1, -0.05) is 32.8 Å². The summed E-state index contributed by atoms with van der Waals surface area (Å²) in [7, 11) is 0. The van der Waals surface area contributed by atoms with Gasteiger partial charge < -0.3 is 10.2 Å². The van der Waals surface area contributed by atoms with Gasteiger partial charge in [-0.25, -0.2) is 4.98 Å². The Bertz CT molecular complexity index is 373. The number of hydrogen-bond donors (Lipinski definition) is 1. The van der Waals surface area contributed by atoms with Gasteiger partial charge >= 0.3 is 0 Å². The molecular formula is C18H33N3. The molecule has 0 aliphatic carbocycles. The van der Waals surface area contributed by atoms with Gasteiger partial charge in [-0.2, -0.15) is 0 Å². The smallest absolute Gasteiger partial charge is 0.128 e. The molecule has 1 N–H and O–H groups in total. The lowest BCUT2D eigenvalue weighted by molar-refractivity contribution is 0.568. The van der Waals surface area contributed by atoms with Gasteiger partial charge in [0.2, 0.25) is 0 Å². The van der Waals surface area contributed by atoms with Gasteiger partial charge in [0.1, 0.15) is 5.82 Å². The molecule has 0 bridgehead atoms. The molecule has 0 aliphatic heterocycles. The summed E-state index contributed by atoms with van der Waals surface area (Å²) in [6, 6.07) is 5.26. The maximum absolute atomic E-state index is 4.69. The summed E-state index contributed by atoms with van der Waals surface area (Å²) in [6.45, 7) is 13.3. The fourth-order valence-electron chi connectivity index (χ4n) is 2.47. The molecule has 3 nitrogen and oxygen atoms in total. The second-order valence-electron chi connectivity index (χ2n) is 6.12. The second-order valence-corrected chi connectivity index (χ2v) is 6.12. The number of rotatable bonds is 10. The maximum atomic E-state index is 4.69. The average Bonchev–Trinajstić information content (AvgIpc) is 2.49. The Labute approximate surface area is 131 Å². The highest BCUT2D eigenvalue weighted by Gasteiger charge is 2.12. The van der Waals surface area contributed by atoms with Gasteiger partial charge in [0, 0.05) is 24.8 Å². The molecule has 120 valence electrons. The minimum Gasteiger partial charge on any atom is -0.354 e. The van der Waals surface area contributed by atoms with Crippen LogP contribution in [0.5, 0.6) is 0 Å². The van der Waals surface area contributed by atoms with E-state index in [2.05, 4.69) is 57.0 Å². The number of anilines is 1. The minimum absolute atomic E-state index is 0.374. The zero-order valence-electron chi connectivity index (χ0n) is 14.5. The molecule has 0 aliphatic rings. The summed E-state index contributed by atoms with van der Waals surface area (Å²) in [4.78, 5) is 7.10. The Kier molecular flexibility index (Phi) is 8.36. The van der Waals surface area contributed by atoms with Crippen LogP contribution in [0.3, 0.4) is 0 Å². The second kappa shape index (κ2) is 9.78. The molecule has 1 atom stereocenters. The minimum atomic E-state index is 0.374. The molecule has 0 fully saturated rings. The normalized spacial score (nSPS) is 12.7. The molecule has 0 radical (unpaired) electrons. The maximum Gasteiger partial charge on any atom is 0.128 e. The predicted octanol–water partition coefficient (Wildman–Crippen LogP) is 4.55. The lowest BCUT2D eigenvalue weighted by Crippen LogP contribution is -2.32. The van der Waals surface area contributed by atoms with Gasteiger partial charge in [0.05, 0.1) is 0 Å². The van der Waals surface area contributed by atoms with E-state index in [0.717, 1.165) is 25.3 Å². The molecule has 0 spiro atoms. The number of hydrogen-bond acceptors (Lipinski definition) is 3. The largest absolute Gasteiger partial charge is 0.354 e. The van der Waals surface area contributed by atoms with Crippen LogP contribution < -0.4 is 10.2 Å². The summed E-state index contributed by atoms with van der Waals surface area (Å²) >= 11 is 0. The van der Waals surface area contributed by atoms with Crippen molar-refractivity contribution in [1.29, 1.82) is 0 Å². The van der Waals surface area contributed by atoms with Crippen LogP contribution in [0.1, 0.15) is 71.9 Å². The van der Waals surface area contributed by atoms with E-state index >= 15 is 0 Å². The molecule has 0 amide bonds. The van der Waals surface area contributed by atoms with Crippen LogP contribution in [0.2, 0.25) is 0 Å². The lowest BCUT2D eigenvalue weighted by atomic mass is 10.1. The molecule has 21 heavy (non-hydrogen) atoms. The van der Waals surface area contributed by atoms with E-state index in [1.54, 1.807) is 0 Å². The van der Waals surface area contributed by atoms with Crippen LogP contribution in [-0.2, 0) is 0 Å². The first kappa shape index (κ1) is 18.0. The first-order chi connectivity index (χ1) is 10.1. The van der Waals surface area contributed by atoms with Gasteiger partial charge in [-0.15, -0.1) is 0 Å². The predicted molar refractivity (Wildman–Crippen MR) is 93.0 cm³/mol. The van der Waals surface area contributed by atoms with Crippen molar-refractivity contribution in [3.05, 3.63) is 23.9 Å². The van der Waals surface area contributed by atoms with Crippen LogP contribution in [-0.4, -0.2) is 24.1 Å². The summed E-state index contributed by atoms with van der Waals surface area (Å²) in [5.74, 6) is 1.10. The van der Waals surface area contributed by atoms with E-state index < -0.39 is 0 Å². The number of pyridine rings is 1. The Balaban J connectivity index is 2.68. The third-order valence-corrected chi connectivity index (χ3v) is 3.89. The van der Waals surface area contributed by atoms with Crippen molar-refractivity contribution < 1.29 is 0 Å². The zero-order chi connectivity index (χ0) is 15.7. The van der Waals surface area contributed by atoms with Crippen molar-refractivity contribution >= 4 is 5.82 Å². The third kappa shape index (κ3) is 6.04. The highest BCUT2D eigenvalue weighted by atomic mass is 15.2. The van der Waals surface area contributed by atoms with E-state index in [1.807, 2.05) is 6.20 Å². The van der Waals surface area contributed by atoms with Gasteiger partial charge in [-0.3, -0.25) is 0 Å². The van der Waals surface area contributed by atoms with E-state index in [0.29, 0.717) is 12.1 Å². The van der Waals surface area contributed by atoms with Gasteiger partial charge in [0.15, 0.2) is 0 Å². The summed E-state index contributed by atoms with van der Waals surface area (Å²) in [5.41, 5.74) is 1.27. The van der Waals surface area contributed by atoms with Crippen molar-refractivity contribution in [2.24, 2.45) is 0 Å². The third-order valence-electron chi connectivity index (χ3n) is 3.89. The van der Waals surface area contributed by atoms with Crippen LogP contribution in [0.4, 0.5) is 5.82 Å². The Hall–Kier alpha value is -1.09. The topological polar surface area (TPSA) is 28.2 Å². The molecular weight excluding hydrogens is 258 g/mol. The van der Waals surface area contributed by atoms with Crippen molar-refractivity contribution in [1.82, 2.24) is 10.3 Å². The summed E-state index contributed by atoms with van der Waals surface area (Å²) in [6.07, 6.45) is 6.98. The molecule has 1 heterocycles. The quantitative estimate of drug-likeness (QED) is 0.641. The number of nitrogens with zero attached hydrogens (tertiary/aromatic N) is 2.